The molecule has 150 valence electrons. The number of phenolic OH excluding ortho intramolecular Hbond substituents is 2. The van der Waals surface area contributed by atoms with Gasteiger partial charge in [0, 0.05) is 4.47 Å². The zero-order valence-electron chi connectivity index (χ0n) is 17.6. The fraction of sp³-hybridized carbons (Fsp3) is 0.500. The second-order valence-corrected chi connectivity index (χ2v) is 8.58. The largest absolute Gasteiger partial charge is 0.507 e. The molecule has 27 heavy (non-hydrogen) atoms. The van der Waals surface area contributed by atoms with Crippen molar-refractivity contribution < 1.29 is 10.2 Å². The third kappa shape index (κ3) is 6.88. The molecule has 0 unspecified atom stereocenters. The molecule has 0 aromatic heterocycles. The van der Waals surface area contributed by atoms with E-state index in [0.29, 0.717) is 23.3 Å². The molecule has 0 radical (unpaired) electrons. The van der Waals surface area contributed by atoms with Crippen LogP contribution in [0.2, 0.25) is 0 Å². The van der Waals surface area contributed by atoms with E-state index >= 15 is 0 Å². The molecule has 0 atom stereocenters. The predicted octanol–water partition coefficient (Wildman–Crippen LogP) is 7.70. The molecule has 0 bridgehead atoms. The summed E-state index contributed by atoms with van der Waals surface area (Å²) in [5.74, 6) is 1.74. The number of phenols is 2. The highest BCUT2D eigenvalue weighted by Crippen LogP contribution is 2.33. The number of aryl methyl sites for hydroxylation is 2. The Morgan fingerprint density at radius 3 is 1.81 bits per heavy atom. The average molecular weight is 435 g/mol. The fourth-order valence-electron chi connectivity index (χ4n) is 3.13. The SMILES string of the molecule is CCCc1cc(Br)cc(C(C)C)c1O.CCCc1cccc(C(C)C)c1O. The molecule has 0 saturated heterocycles. The average Bonchev–Trinajstić information content (AvgIpc) is 2.60. The van der Waals surface area contributed by atoms with E-state index in [-0.39, 0.29) is 0 Å². The van der Waals surface area contributed by atoms with E-state index in [0.717, 1.165) is 52.4 Å². The van der Waals surface area contributed by atoms with E-state index in [4.69, 9.17) is 0 Å². The summed E-state index contributed by atoms with van der Waals surface area (Å²) in [6.07, 6.45) is 4.04. The first-order valence-electron chi connectivity index (χ1n) is 10.0. The van der Waals surface area contributed by atoms with Crippen LogP contribution in [-0.4, -0.2) is 10.2 Å². The molecule has 0 heterocycles. The first kappa shape index (κ1) is 23.6. The van der Waals surface area contributed by atoms with Gasteiger partial charge in [-0.3, -0.25) is 0 Å². The second kappa shape index (κ2) is 11.4. The third-order valence-corrected chi connectivity index (χ3v) is 5.07. The highest BCUT2D eigenvalue weighted by atomic mass is 79.9. The molecule has 2 aromatic carbocycles. The van der Waals surface area contributed by atoms with E-state index in [2.05, 4.69) is 57.5 Å². The maximum absolute atomic E-state index is 9.99. The summed E-state index contributed by atoms with van der Waals surface area (Å²) in [5.41, 5.74) is 4.22. The number of halogens is 1. The van der Waals surface area contributed by atoms with E-state index in [1.165, 1.54) is 0 Å². The molecule has 2 aromatic rings. The van der Waals surface area contributed by atoms with Gasteiger partial charge in [-0.05, 0) is 59.1 Å². The monoisotopic (exact) mass is 434 g/mol. The van der Waals surface area contributed by atoms with Crippen molar-refractivity contribution in [2.45, 2.75) is 79.1 Å². The maximum Gasteiger partial charge on any atom is 0.122 e. The van der Waals surface area contributed by atoms with E-state index in [9.17, 15) is 10.2 Å². The maximum atomic E-state index is 9.99. The summed E-state index contributed by atoms with van der Waals surface area (Å²) in [6, 6.07) is 10.0. The van der Waals surface area contributed by atoms with Gasteiger partial charge in [-0.2, -0.15) is 0 Å². The molecule has 0 aliphatic carbocycles. The molecular formula is C24H35BrO2. The zero-order valence-corrected chi connectivity index (χ0v) is 19.2. The molecule has 2 nitrogen and oxygen atoms in total. The van der Waals surface area contributed by atoms with Gasteiger partial charge in [-0.15, -0.1) is 0 Å². The number of para-hydroxylation sites is 1. The van der Waals surface area contributed by atoms with E-state index in [1.807, 2.05) is 30.3 Å². The van der Waals surface area contributed by atoms with Gasteiger partial charge in [-0.1, -0.05) is 88.5 Å². The Hall–Kier alpha value is -1.48. The van der Waals surface area contributed by atoms with Crippen LogP contribution in [0, 0.1) is 0 Å². The van der Waals surface area contributed by atoms with Crippen molar-refractivity contribution in [1.82, 2.24) is 0 Å². The number of hydrogen-bond acceptors (Lipinski definition) is 2. The van der Waals surface area contributed by atoms with Gasteiger partial charge in [0.25, 0.3) is 0 Å². The molecule has 2 N–H and O–H groups in total. The van der Waals surface area contributed by atoms with Gasteiger partial charge < -0.3 is 10.2 Å². The molecule has 0 amide bonds. The Bertz CT molecular complexity index is 721. The Morgan fingerprint density at radius 2 is 1.30 bits per heavy atom. The fourth-order valence-corrected chi connectivity index (χ4v) is 3.65. The molecule has 2 rings (SSSR count). The number of hydrogen-bond donors (Lipinski definition) is 2. The number of rotatable bonds is 6. The van der Waals surface area contributed by atoms with Crippen molar-refractivity contribution in [1.29, 1.82) is 0 Å². The standard InChI is InChI=1S/C12H17BrO.C12H18O/c1-4-5-9-6-10(13)7-11(8(2)3)12(9)14;1-4-6-10-7-5-8-11(9(2)3)12(10)13/h6-8,14H,4-5H2,1-3H3;5,7-9,13H,4,6H2,1-3H3. The lowest BCUT2D eigenvalue weighted by atomic mass is 9.97. The molecule has 0 saturated carbocycles. The van der Waals surface area contributed by atoms with Crippen molar-refractivity contribution in [3.8, 4) is 11.5 Å². The van der Waals surface area contributed by atoms with E-state index < -0.39 is 0 Å². The minimum atomic E-state index is 0.364. The van der Waals surface area contributed by atoms with Gasteiger partial charge in [0.2, 0.25) is 0 Å². The second-order valence-electron chi connectivity index (χ2n) is 7.67. The Morgan fingerprint density at radius 1 is 0.778 bits per heavy atom. The Balaban J connectivity index is 0.000000271. The molecular weight excluding hydrogens is 400 g/mol. The predicted molar refractivity (Wildman–Crippen MR) is 120 cm³/mol. The quantitative estimate of drug-likeness (QED) is 0.488. The molecule has 0 spiro atoms. The van der Waals surface area contributed by atoms with Crippen LogP contribution in [0.15, 0.2) is 34.8 Å². The molecule has 0 aliphatic heterocycles. The van der Waals surface area contributed by atoms with Crippen molar-refractivity contribution in [2.24, 2.45) is 0 Å². The third-order valence-electron chi connectivity index (χ3n) is 4.62. The van der Waals surface area contributed by atoms with Crippen LogP contribution in [0.1, 0.15) is 88.5 Å². The summed E-state index contributed by atoms with van der Waals surface area (Å²) in [5, 5.41) is 19.9. The summed E-state index contributed by atoms with van der Waals surface area (Å²) < 4.78 is 1.06. The van der Waals surface area contributed by atoms with Crippen LogP contribution in [0.5, 0.6) is 11.5 Å². The minimum Gasteiger partial charge on any atom is -0.507 e. The van der Waals surface area contributed by atoms with Gasteiger partial charge in [0.05, 0.1) is 0 Å². The van der Waals surface area contributed by atoms with Crippen molar-refractivity contribution in [2.75, 3.05) is 0 Å². The molecule has 3 heteroatoms. The van der Waals surface area contributed by atoms with Crippen LogP contribution in [0.4, 0.5) is 0 Å². The lowest BCUT2D eigenvalue weighted by Gasteiger charge is -2.13. The molecule has 0 fully saturated rings. The van der Waals surface area contributed by atoms with Gasteiger partial charge >= 0.3 is 0 Å². The van der Waals surface area contributed by atoms with Crippen molar-refractivity contribution in [3.05, 3.63) is 57.1 Å². The van der Waals surface area contributed by atoms with Crippen LogP contribution in [0.25, 0.3) is 0 Å². The highest BCUT2D eigenvalue weighted by Gasteiger charge is 2.11. The topological polar surface area (TPSA) is 40.5 Å². The Kier molecular flexibility index (Phi) is 9.93. The minimum absolute atomic E-state index is 0.364. The summed E-state index contributed by atoms with van der Waals surface area (Å²) in [7, 11) is 0. The number of benzene rings is 2. The lowest BCUT2D eigenvalue weighted by molar-refractivity contribution is 0.456. The summed E-state index contributed by atoms with van der Waals surface area (Å²) >= 11 is 3.47. The van der Waals surface area contributed by atoms with Crippen LogP contribution < -0.4 is 0 Å². The van der Waals surface area contributed by atoms with E-state index in [1.54, 1.807) is 0 Å². The van der Waals surface area contributed by atoms with Crippen molar-refractivity contribution >= 4 is 15.9 Å². The Labute approximate surface area is 173 Å². The van der Waals surface area contributed by atoms with Crippen LogP contribution >= 0.6 is 15.9 Å². The van der Waals surface area contributed by atoms with Crippen LogP contribution in [0.3, 0.4) is 0 Å². The first-order valence-corrected chi connectivity index (χ1v) is 10.8. The number of aromatic hydroxyl groups is 2. The van der Waals surface area contributed by atoms with Gasteiger partial charge in [0.1, 0.15) is 11.5 Å². The highest BCUT2D eigenvalue weighted by molar-refractivity contribution is 9.10. The lowest BCUT2D eigenvalue weighted by Crippen LogP contribution is -1.93. The van der Waals surface area contributed by atoms with Crippen molar-refractivity contribution in [3.63, 3.8) is 0 Å². The van der Waals surface area contributed by atoms with Gasteiger partial charge in [0.15, 0.2) is 0 Å². The summed E-state index contributed by atoms with van der Waals surface area (Å²) in [4.78, 5) is 0. The van der Waals surface area contributed by atoms with Gasteiger partial charge in [-0.25, -0.2) is 0 Å². The smallest absolute Gasteiger partial charge is 0.122 e. The zero-order chi connectivity index (χ0) is 20.6. The summed E-state index contributed by atoms with van der Waals surface area (Å²) in [6.45, 7) is 12.6. The molecule has 0 aliphatic rings. The first-order chi connectivity index (χ1) is 12.7. The normalized spacial score (nSPS) is 10.9. The van der Waals surface area contributed by atoms with Crippen LogP contribution in [-0.2, 0) is 12.8 Å².